The van der Waals surface area contributed by atoms with Crippen LogP contribution in [-0.4, -0.2) is 21.8 Å². The van der Waals surface area contributed by atoms with Crippen LogP contribution in [0.3, 0.4) is 0 Å². The molecule has 8 atom stereocenters. The van der Waals surface area contributed by atoms with Gasteiger partial charge in [0, 0.05) is 16.7 Å². The van der Waals surface area contributed by atoms with Crippen molar-refractivity contribution in [1.29, 1.82) is 0 Å². The lowest BCUT2D eigenvalue weighted by Crippen LogP contribution is -2.56. The Morgan fingerprint density at radius 2 is 1.91 bits per heavy atom. The van der Waals surface area contributed by atoms with Crippen molar-refractivity contribution < 1.29 is 9.90 Å². The summed E-state index contributed by atoms with van der Waals surface area (Å²) in [6.45, 7) is 4.71. The number of fused-ring (bicyclic) bond motifs is 5. The van der Waals surface area contributed by atoms with E-state index >= 15 is 0 Å². The van der Waals surface area contributed by atoms with Gasteiger partial charge in [-0.05, 0) is 74.0 Å². The Hall–Kier alpha value is 0.110. The molecule has 0 spiro atoms. The topological polar surface area (TPSA) is 37.3 Å². The van der Waals surface area contributed by atoms with E-state index in [-0.39, 0.29) is 16.3 Å². The maximum Gasteiger partial charge on any atom is 0.139 e. The molecule has 0 aromatic carbocycles. The SMILES string of the molecule is C[C@]12C[C@H](O)[C@@H](Br)C[C@@H]1CC[C@@H]1[C@@H]2CC[C@]2(C)C(=O)CC[C@@H]12. The van der Waals surface area contributed by atoms with E-state index in [2.05, 4.69) is 29.8 Å². The van der Waals surface area contributed by atoms with Gasteiger partial charge in [-0.1, -0.05) is 29.8 Å². The van der Waals surface area contributed by atoms with Gasteiger partial charge in [0.05, 0.1) is 6.10 Å². The van der Waals surface area contributed by atoms with Crippen LogP contribution in [0, 0.1) is 34.5 Å². The third-order valence-electron chi connectivity index (χ3n) is 8.35. The van der Waals surface area contributed by atoms with Gasteiger partial charge >= 0.3 is 0 Å². The second-order valence-electron chi connectivity index (χ2n) is 9.10. The highest BCUT2D eigenvalue weighted by Crippen LogP contribution is 2.65. The normalized spacial score (nSPS) is 57.9. The standard InChI is InChI=1S/C19H29BrO2/c1-18-8-7-14-12(13(18)5-6-17(18)22)4-3-11-9-15(20)16(21)10-19(11,14)2/h11-16,21H,3-10H2,1-2H3/t11-,12-,13-,14-,15-,16-,18-,19-/m0/s1. The first kappa shape index (κ1) is 15.6. The minimum Gasteiger partial charge on any atom is -0.392 e. The molecule has 4 aliphatic rings. The molecule has 22 heavy (non-hydrogen) atoms. The summed E-state index contributed by atoms with van der Waals surface area (Å²) in [4.78, 5) is 12.7. The largest absolute Gasteiger partial charge is 0.392 e. The van der Waals surface area contributed by atoms with E-state index in [0.29, 0.717) is 17.1 Å². The third-order valence-corrected chi connectivity index (χ3v) is 9.33. The molecule has 1 N–H and O–H groups in total. The van der Waals surface area contributed by atoms with Gasteiger partial charge in [-0.2, -0.15) is 0 Å². The number of halogens is 1. The Kier molecular flexibility index (Phi) is 3.59. The van der Waals surface area contributed by atoms with E-state index in [1.807, 2.05) is 0 Å². The number of aliphatic hydroxyl groups excluding tert-OH is 1. The van der Waals surface area contributed by atoms with Crippen LogP contribution in [0.4, 0.5) is 0 Å². The fourth-order valence-electron chi connectivity index (χ4n) is 7.02. The zero-order chi connectivity index (χ0) is 15.7. The fraction of sp³-hybridized carbons (Fsp3) is 0.947. The van der Waals surface area contributed by atoms with Gasteiger partial charge in [0.1, 0.15) is 5.78 Å². The van der Waals surface area contributed by atoms with Crippen molar-refractivity contribution in [2.75, 3.05) is 0 Å². The average Bonchev–Trinajstić information content (AvgIpc) is 2.77. The van der Waals surface area contributed by atoms with Gasteiger partial charge in [-0.3, -0.25) is 4.79 Å². The van der Waals surface area contributed by atoms with Crippen LogP contribution in [0.1, 0.15) is 65.2 Å². The molecule has 0 amide bonds. The summed E-state index contributed by atoms with van der Waals surface area (Å²) in [6, 6.07) is 0. The molecule has 0 aliphatic heterocycles. The summed E-state index contributed by atoms with van der Waals surface area (Å²) >= 11 is 3.69. The number of Topliss-reactive ketones (excluding diaryl/α,β-unsaturated/α-hetero) is 1. The van der Waals surface area contributed by atoms with Crippen molar-refractivity contribution in [3.05, 3.63) is 0 Å². The number of hydrogen-bond donors (Lipinski definition) is 1. The van der Waals surface area contributed by atoms with Crippen LogP contribution in [0.15, 0.2) is 0 Å². The molecular weight excluding hydrogens is 340 g/mol. The predicted octanol–water partition coefficient (Wildman–Crippen LogP) is 4.33. The maximum atomic E-state index is 12.4. The molecular formula is C19H29BrO2. The van der Waals surface area contributed by atoms with Gasteiger partial charge in [0.2, 0.25) is 0 Å². The minimum atomic E-state index is -0.196. The second kappa shape index (κ2) is 5.05. The number of hydrogen-bond acceptors (Lipinski definition) is 2. The summed E-state index contributed by atoms with van der Waals surface area (Å²) in [5, 5.41) is 10.5. The Balaban J connectivity index is 1.65. The molecule has 0 aromatic rings. The number of carbonyl (C=O) groups is 1. The van der Waals surface area contributed by atoms with Gasteiger partial charge in [-0.25, -0.2) is 0 Å². The van der Waals surface area contributed by atoms with Gasteiger partial charge < -0.3 is 5.11 Å². The van der Waals surface area contributed by atoms with Crippen molar-refractivity contribution in [3.63, 3.8) is 0 Å². The molecule has 0 heterocycles. The van der Waals surface area contributed by atoms with Gasteiger partial charge in [-0.15, -0.1) is 0 Å². The highest BCUT2D eigenvalue weighted by Gasteiger charge is 2.60. The van der Waals surface area contributed by atoms with Crippen molar-refractivity contribution in [1.82, 2.24) is 0 Å². The number of ketones is 1. The second-order valence-corrected chi connectivity index (χ2v) is 10.3. The zero-order valence-electron chi connectivity index (χ0n) is 13.9. The summed E-state index contributed by atoms with van der Waals surface area (Å²) in [6.07, 6.45) is 8.73. The zero-order valence-corrected chi connectivity index (χ0v) is 15.4. The third kappa shape index (κ3) is 1.97. The molecule has 0 saturated heterocycles. The van der Waals surface area contributed by atoms with Crippen LogP contribution in [0.2, 0.25) is 0 Å². The Labute approximate surface area is 142 Å². The monoisotopic (exact) mass is 368 g/mol. The fourth-order valence-corrected chi connectivity index (χ4v) is 7.66. The lowest BCUT2D eigenvalue weighted by atomic mass is 9.45. The number of rotatable bonds is 0. The van der Waals surface area contributed by atoms with Crippen molar-refractivity contribution in [2.24, 2.45) is 34.5 Å². The molecule has 2 nitrogen and oxygen atoms in total. The Morgan fingerprint density at radius 3 is 2.68 bits per heavy atom. The van der Waals surface area contributed by atoms with Crippen LogP contribution < -0.4 is 0 Å². The Bertz CT molecular complexity index is 492. The lowest BCUT2D eigenvalue weighted by Gasteiger charge is -2.60. The first-order valence-electron chi connectivity index (χ1n) is 9.21. The minimum absolute atomic E-state index is 0.0182. The van der Waals surface area contributed by atoms with Crippen LogP contribution in [0.5, 0.6) is 0 Å². The van der Waals surface area contributed by atoms with E-state index in [1.54, 1.807) is 0 Å². The molecule has 3 heteroatoms. The van der Waals surface area contributed by atoms with Crippen molar-refractivity contribution >= 4 is 21.7 Å². The average molecular weight is 369 g/mol. The molecule has 124 valence electrons. The highest BCUT2D eigenvalue weighted by molar-refractivity contribution is 9.09. The molecule has 0 radical (unpaired) electrons. The van der Waals surface area contributed by atoms with E-state index in [0.717, 1.165) is 49.9 Å². The number of aliphatic hydroxyl groups is 1. The molecule has 0 aromatic heterocycles. The highest BCUT2D eigenvalue weighted by atomic mass is 79.9. The van der Waals surface area contributed by atoms with Crippen molar-refractivity contribution in [3.8, 4) is 0 Å². The molecule has 0 bridgehead atoms. The van der Waals surface area contributed by atoms with Crippen LogP contribution in [0.25, 0.3) is 0 Å². The van der Waals surface area contributed by atoms with Crippen molar-refractivity contribution in [2.45, 2.75) is 76.1 Å². The summed E-state index contributed by atoms with van der Waals surface area (Å²) in [7, 11) is 0. The number of alkyl halides is 1. The van der Waals surface area contributed by atoms with E-state index in [9.17, 15) is 9.90 Å². The molecule has 4 fully saturated rings. The summed E-state index contributed by atoms with van der Waals surface area (Å²) < 4.78 is 0. The quantitative estimate of drug-likeness (QED) is 0.646. The van der Waals surface area contributed by atoms with Gasteiger partial charge in [0.15, 0.2) is 0 Å². The lowest BCUT2D eigenvalue weighted by molar-refractivity contribution is -0.143. The maximum absolute atomic E-state index is 12.4. The summed E-state index contributed by atoms with van der Waals surface area (Å²) in [5.74, 6) is 3.36. The Morgan fingerprint density at radius 1 is 1.14 bits per heavy atom. The van der Waals surface area contributed by atoms with E-state index < -0.39 is 0 Å². The van der Waals surface area contributed by atoms with E-state index in [4.69, 9.17) is 0 Å². The van der Waals surface area contributed by atoms with Crippen LogP contribution in [-0.2, 0) is 4.79 Å². The molecule has 4 rings (SSSR count). The van der Waals surface area contributed by atoms with E-state index in [1.165, 1.54) is 19.3 Å². The molecule has 4 saturated carbocycles. The molecule has 4 aliphatic carbocycles. The first-order valence-corrected chi connectivity index (χ1v) is 10.1. The smallest absolute Gasteiger partial charge is 0.139 e. The first-order chi connectivity index (χ1) is 10.4. The molecule has 0 unspecified atom stereocenters. The summed E-state index contributed by atoms with van der Waals surface area (Å²) in [5.41, 5.74) is 0.273. The van der Waals surface area contributed by atoms with Gasteiger partial charge in [0.25, 0.3) is 0 Å². The number of carbonyl (C=O) groups excluding carboxylic acids is 1. The predicted molar refractivity (Wildman–Crippen MR) is 90.8 cm³/mol. The van der Waals surface area contributed by atoms with Crippen LogP contribution >= 0.6 is 15.9 Å².